The summed E-state index contributed by atoms with van der Waals surface area (Å²) < 4.78 is 69.1. The first-order valence-electron chi connectivity index (χ1n) is 12.9. The number of piperidine rings is 1. The molecule has 3 amide bonds. The highest BCUT2D eigenvalue weighted by Gasteiger charge is 2.39. The number of aromatic amines is 1. The minimum atomic E-state index is -1.50. The van der Waals surface area contributed by atoms with E-state index in [9.17, 15) is 36.3 Å². The van der Waals surface area contributed by atoms with Crippen molar-refractivity contribution in [2.45, 2.75) is 37.8 Å². The van der Waals surface area contributed by atoms with Crippen molar-refractivity contribution in [1.82, 2.24) is 25.6 Å². The van der Waals surface area contributed by atoms with Crippen LogP contribution >= 0.6 is 0 Å². The number of carbonyl (C=O) groups is 3. The van der Waals surface area contributed by atoms with Crippen molar-refractivity contribution in [2.24, 2.45) is 0 Å². The van der Waals surface area contributed by atoms with Crippen LogP contribution in [0.2, 0.25) is 0 Å². The van der Waals surface area contributed by atoms with E-state index in [1.165, 1.54) is 18.2 Å². The van der Waals surface area contributed by atoms with Gasteiger partial charge in [-0.3, -0.25) is 14.4 Å². The number of rotatable bonds is 6. The molecule has 2 unspecified atom stereocenters. The molecule has 2 aromatic carbocycles. The molecule has 0 aliphatic carbocycles. The molecule has 4 heterocycles. The topological polar surface area (TPSA) is 120 Å². The summed E-state index contributed by atoms with van der Waals surface area (Å²) in [6.45, 7) is 1.86. The van der Waals surface area contributed by atoms with Gasteiger partial charge in [0, 0.05) is 30.3 Å². The molecule has 2 aromatic heterocycles. The number of pyridine rings is 1. The first-order chi connectivity index (χ1) is 20.0. The zero-order chi connectivity index (χ0) is 29.9. The first-order valence-corrected chi connectivity index (χ1v) is 12.9. The molecule has 14 heteroatoms. The standard InChI is InChI=1S/C28H21F5N6O3/c1-11(6-15-23(32)16(29)9-17(30)24(15)33)36-18-4-5-34-26(40)22(18)25-37-19-7-13-14(8-20(19)38-25)28(42)39(27(13)41)12-2-3-21(31)35-10-12/h2-3,7-11,18,22,36H,4-6H2,1H3,(H,34,40)(H,37,38)/t11-,18?,22?/m0/s1. The Balaban J connectivity index is 1.27. The maximum atomic E-state index is 14.2. The number of nitrogens with one attached hydrogen (secondary N) is 3. The van der Waals surface area contributed by atoms with Gasteiger partial charge in [0.25, 0.3) is 11.8 Å². The van der Waals surface area contributed by atoms with Crippen LogP contribution in [0, 0.1) is 29.2 Å². The summed E-state index contributed by atoms with van der Waals surface area (Å²) >= 11 is 0. The Morgan fingerprint density at radius 3 is 2.36 bits per heavy atom. The summed E-state index contributed by atoms with van der Waals surface area (Å²) in [6.07, 6.45) is 1.07. The second-order valence-corrected chi connectivity index (χ2v) is 10.2. The third kappa shape index (κ3) is 4.57. The lowest BCUT2D eigenvalue weighted by atomic mass is 9.90. The Morgan fingerprint density at radius 2 is 1.69 bits per heavy atom. The predicted octanol–water partition coefficient (Wildman–Crippen LogP) is 3.65. The van der Waals surface area contributed by atoms with E-state index < -0.39 is 76.9 Å². The number of imide groups is 1. The fourth-order valence-electron chi connectivity index (χ4n) is 5.48. The number of nitrogens with zero attached hydrogens (tertiary/aromatic N) is 3. The van der Waals surface area contributed by atoms with Crippen molar-refractivity contribution in [2.75, 3.05) is 11.4 Å². The van der Waals surface area contributed by atoms with E-state index in [0.29, 0.717) is 24.0 Å². The van der Waals surface area contributed by atoms with Crippen LogP contribution in [0.5, 0.6) is 0 Å². The highest BCUT2D eigenvalue weighted by atomic mass is 19.2. The third-order valence-electron chi connectivity index (χ3n) is 7.42. The number of hydrogen-bond donors (Lipinski definition) is 3. The van der Waals surface area contributed by atoms with Crippen molar-refractivity contribution in [3.05, 3.63) is 88.3 Å². The van der Waals surface area contributed by atoms with Gasteiger partial charge < -0.3 is 15.6 Å². The van der Waals surface area contributed by atoms with Gasteiger partial charge in [-0.2, -0.15) is 4.39 Å². The Morgan fingerprint density at radius 1 is 1.00 bits per heavy atom. The summed E-state index contributed by atoms with van der Waals surface area (Å²) in [7, 11) is 0. The predicted molar refractivity (Wildman–Crippen MR) is 138 cm³/mol. The van der Waals surface area contributed by atoms with Crippen molar-refractivity contribution < 1.29 is 36.3 Å². The second kappa shape index (κ2) is 10.3. The van der Waals surface area contributed by atoms with Gasteiger partial charge in [0.15, 0.2) is 23.3 Å². The van der Waals surface area contributed by atoms with Gasteiger partial charge in [0.1, 0.15) is 11.7 Å². The quantitative estimate of drug-likeness (QED) is 0.138. The van der Waals surface area contributed by atoms with E-state index in [2.05, 4.69) is 25.6 Å². The molecule has 4 aromatic rings. The molecule has 0 radical (unpaired) electrons. The van der Waals surface area contributed by atoms with Crippen molar-refractivity contribution in [1.29, 1.82) is 0 Å². The largest absolute Gasteiger partial charge is 0.355 e. The number of benzene rings is 2. The van der Waals surface area contributed by atoms with E-state index in [-0.39, 0.29) is 28.7 Å². The molecule has 0 saturated carbocycles. The minimum absolute atomic E-state index is 0.0673. The van der Waals surface area contributed by atoms with Gasteiger partial charge in [0.2, 0.25) is 11.9 Å². The third-order valence-corrected chi connectivity index (χ3v) is 7.42. The molecule has 0 bridgehead atoms. The minimum Gasteiger partial charge on any atom is -0.355 e. The van der Waals surface area contributed by atoms with Gasteiger partial charge >= 0.3 is 0 Å². The number of amides is 3. The number of aromatic nitrogens is 3. The van der Waals surface area contributed by atoms with Gasteiger partial charge in [-0.25, -0.2) is 32.4 Å². The van der Waals surface area contributed by atoms with E-state index in [1.807, 2.05) is 0 Å². The lowest BCUT2D eigenvalue weighted by Gasteiger charge is -2.33. The molecule has 3 atom stereocenters. The van der Waals surface area contributed by atoms with Gasteiger partial charge in [-0.15, -0.1) is 0 Å². The summed E-state index contributed by atoms with van der Waals surface area (Å²) in [5, 5.41) is 5.87. The average Bonchev–Trinajstić information content (AvgIpc) is 3.47. The molecule has 2 aliphatic rings. The van der Waals surface area contributed by atoms with Gasteiger partial charge in [-0.1, -0.05) is 0 Å². The SMILES string of the molecule is C[C@@H](Cc1c(F)c(F)cc(F)c1F)NC1CCNC(=O)C1c1nc2cc3c(cc2[nH]1)C(=O)N(c1ccc(F)nc1)C3=O. The molecule has 2 aliphatic heterocycles. The Hall–Kier alpha value is -4.72. The summed E-state index contributed by atoms with van der Waals surface area (Å²) in [5.74, 6) is -9.12. The monoisotopic (exact) mass is 584 g/mol. The number of halogens is 5. The Kier molecular flexibility index (Phi) is 6.72. The highest BCUT2D eigenvalue weighted by Crippen LogP contribution is 2.33. The first kappa shape index (κ1) is 27.4. The second-order valence-electron chi connectivity index (χ2n) is 10.2. The van der Waals surface area contributed by atoms with E-state index in [1.54, 1.807) is 6.92 Å². The normalized spacial score (nSPS) is 19.4. The number of imidazole rings is 1. The highest BCUT2D eigenvalue weighted by molar-refractivity contribution is 6.35. The fraction of sp³-hybridized carbons (Fsp3) is 0.250. The number of fused-ring (bicyclic) bond motifs is 2. The van der Waals surface area contributed by atoms with Gasteiger partial charge in [-0.05, 0) is 44.0 Å². The number of H-pyrrole nitrogens is 1. The Labute approximate surface area is 234 Å². The smallest absolute Gasteiger partial charge is 0.266 e. The van der Waals surface area contributed by atoms with Crippen LogP contribution in [0.1, 0.15) is 51.4 Å². The van der Waals surface area contributed by atoms with Crippen molar-refractivity contribution in [3.8, 4) is 0 Å². The van der Waals surface area contributed by atoms with Crippen LogP contribution in [0.4, 0.5) is 27.6 Å². The van der Waals surface area contributed by atoms with Crippen LogP contribution in [-0.2, 0) is 11.2 Å². The molecule has 9 nitrogen and oxygen atoms in total. The molecule has 0 spiro atoms. The molecule has 3 N–H and O–H groups in total. The molecule has 1 fully saturated rings. The molecular formula is C28H21F5N6O3. The fourth-order valence-corrected chi connectivity index (χ4v) is 5.48. The van der Waals surface area contributed by atoms with Crippen molar-refractivity contribution >= 4 is 34.4 Å². The van der Waals surface area contributed by atoms with Crippen LogP contribution in [0.3, 0.4) is 0 Å². The van der Waals surface area contributed by atoms with Crippen molar-refractivity contribution in [3.63, 3.8) is 0 Å². The molecule has 216 valence electrons. The number of anilines is 1. The Bertz CT molecular complexity index is 1700. The number of hydrogen-bond acceptors (Lipinski definition) is 6. The van der Waals surface area contributed by atoms with E-state index in [0.717, 1.165) is 17.2 Å². The van der Waals surface area contributed by atoms with Crippen LogP contribution in [0.15, 0.2) is 36.5 Å². The summed E-state index contributed by atoms with van der Waals surface area (Å²) in [5.41, 5.74) is 0.166. The number of carbonyl (C=O) groups excluding carboxylic acids is 3. The molecule has 42 heavy (non-hydrogen) atoms. The van der Waals surface area contributed by atoms with Gasteiger partial charge in [0.05, 0.1) is 34.0 Å². The zero-order valence-electron chi connectivity index (χ0n) is 21.8. The molecule has 6 rings (SSSR count). The molecular weight excluding hydrogens is 563 g/mol. The van der Waals surface area contributed by atoms with Crippen LogP contribution < -0.4 is 15.5 Å². The van der Waals surface area contributed by atoms with Crippen LogP contribution in [-0.4, -0.2) is 51.3 Å². The molecule has 1 saturated heterocycles. The lowest BCUT2D eigenvalue weighted by molar-refractivity contribution is -0.124. The average molecular weight is 585 g/mol. The maximum Gasteiger partial charge on any atom is 0.266 e. The van der Waals surface area contributed by atoms with E-state index >= 15 is 0 Å². The zero-order valence-corrected chi connectivity index (χ0v) is 21.8. The summed E-state index contributed by atoms with van der Waals surface area (Å²) in [6, 6.07) is 3.99. The lowest BCUT2D eigenvalue weighted by Crippen LogP contribution is -2.52. The summed E-state index contributed by atoms with van der Waals surface area (Å²) in [4.78, 5) is 51.0. The van der Waals surface area contributed by atoms with Crippen LogP contribution in [0.25, 0.3) is 11.0 Å². The maximum absolute atomic E-state index is 14.2. The van der Waals surface area contributed by atoms with E-state index in [4.69, 9.17) is 0 Å².